The van der Waals surface area contributed by atoms with Crippen LogP contribution in [0.25, 0.3) is 0 Å². The minimum Gasteiger partial charge on any atom is -0.497 e. The van der Waals surface area contributed by atoms with E-state index in [1.54, 1.807) is 45.6 Å². The number of fused-ring (bicyclic) bond motifs is 9. The standard InChI is InChI=1S/C21H26O7.C20H24O7.C19H20O6/c1-11-14-9-15(18(20(23)27-4)17(14)19(22)26-3)16(11)21(24)28-10-12-5-7-13(25-2)8-6-12;1-10-13-8-14(17(19(23)26-3)16(13)18(21)22)15(10)20(24)27-9-11-4-6-12(25-2)7-5-11;1-9-12-7-13(16-15(12)18(21)25-19(16)22)14(9)17(20)24-8-10-3-5-11(23-2)6-4-10/h5-8,11,14-18H,9-10H2,1-4H3;4-7,10,13-17H,8-9H2,1-3H3,(H,21,22);3-6,9,12-16H,7-8H2,1-2H3/t11-,14?,15?,16-,17-,18+;10-,13?,14?,15-,16-,17+;9-,12?,13?,14-,15-,16+/m111/s1. The molecule has 0 aromatic heterocycles. The van der Waals surface area contributed by atoms with Crippen molar-refractivity contribution in [1.82, 2.24) is 0 Å². The molecule has 3 aromatic rings. The van der Waals surface area contributed by atoms with Crippen LogP contribution in [0.5, 0.6) is 17.2 Å². The predicted molar refractivity (Wildman–Crippen MR) is 277 cm³/mol. The van der Waals surface area contributed by atoms with Crippen molar-refractivity contribution in [3.05, 3.63) is 89.5 Å². The van der Waals surface area contributed by atoms with Gasteiger partial charge in [-0.2, -0.15) is 0 Å². The zero-order valence-electron chi connectivity index (χ0n) is 46.3. The van der Waals surface area contributed by atoms with Gasteiger partial charge in [0.25, 0.3) is 0 Å². The topological polar surface area (TPSA) is 266 Å². The molecule has 18 atom stereocenters. The summed E-state index contributed by atoms with van der Waals surface area (Å²) < 4.78 is 51.3. The summed E-state index contributed by atoms with van der Waals surface area (Å²) in [6.45, 7) is 6.22. The molecule has 80 heavy (non-hydrogen) atoms. The van der Waals surface area contributed by atoms with Crippen molar-refractivity contribution in [1.29, 1.82) is 0 Å². The van der Waals surface area contributed by atoms with Gasteiger partial charge >= 0.3 is 53.7 Å². The molecule has 10 rings (SSSR count). The van der Waals surface area contributed by atoms with E-state index in [0.29, 0.717) is 18.6 Å². The Balaban J connectivity index is 0.000000158. The molecule has 3 aromatic carbocycles. The number of esters is 8. The highest BCUT2D eigenvalue weighted by Crippen LogP contribution is 2.62. The van der Waals surface area contributed by atoms with Crippen molar-refractivity contribution < 1.29 is 95.6 Å². The molecule has 0 amide bonds. The lowest BCUT2D eigenvalue weighted by Crippen LogP contribution is -2.45. The van der Waals surface area contributed by atoms with Crippen molar-refractivity contribution in [3.8, 4) is 17.2 Å². The number of methoxy groups -OCH3 is 6. The first-order valence-electron chi connectivity index (χ1n) is 26.9. The summed E-state index contributed by atoms with van der Waals surface area (Å²) in [5.74, 6) is -8.38. The Morgan fingerprint density at radius 2 is 0.688 bits per heavy atom. The average Bonchev–Trinajstić information content (AvgIpc) is 4.50. The normalized spacial score (nSPS) is 32.4. The smallest absolute Gasteiger partial charge is 0.317 e. The fourth-order valence-electron chi connectivity index (χ4n) is 14.8. The molecule has 6 bridgehead atoms. The molecule has 6 unspecified atom stereocenters. The number of carbonyl (C=O) groups excluding carboxylic acids is 8. The molecule has 430 valence electrons. The van der Waals surface area contributed by atoms with E-state index < -0.39 is 77.2 Å². The Kier molecular flexibility index (Phi) is 18.2. The summed E-state index contributed by atoms with van der Waals surface area (Å²) in [6.07, 6.45) is 1.86. The van der Waals surface area contributed by atoms with Crippen molar-refractivity contribution in [3.63, 3.8) is 0 Å². The molecule has 6 aliphatic carbocycles. The van der Waals surface area contributed by atoms with E-state index in [2.05, 4.69) is 0 Å². The molecular formula is C60H70O20. The molecular weight excluding hydrogens is 1040 g/mol. The van der Waals surface area contributed by atoms with Gasteiger partial charge in [-0.1, -0.05) is 57.2 Å². The van der Waals surface area contributed by atoms with E-state index in [-0.39, 0.29) is 103 Å². The molecule has 20 heteroatoms. The van der Waals surface area contributed by atoms with Crippen molar-refractivity contribution >= 4 is 53.7 Å². The number of carboxylic acid groups (broad SMARTS) is 1. The molecule has 0 radical (unpaired) electrons. The van der Waals surface area contributed by atoms with E-state index in [1.165, 1.54) is 21.3 Å². The monoisotopic (exact) mass is 1110 g/mol. The van der Waals surface area contributed by atoms with Crippen LogP contribution < -0.4 is 14.2 Å². The van der Waals surface area contributed by atoms with Gasteiger partial charge in [0.2, 0.25) is 0 Å². The SMILES string of the molecule is COC(=O)[C@@H]1C2CC([C@H](C(=O)OCc3ccc(OC)cc3)[C@@H]2C)[C@@H]1C(=O)OC.COC(=O)[C@H]1C2CC([C@@H](C)[C@H]2C(=O)OCc2ccc(OC)cc2)[C@H]1C(=O)O.COc1ccc(COC(=O)[C@H]2C3CC([C@H]2C)[C@H]2C(=O)OC(=O)[C@@H]32)cc1. The van der Waals surface area contributed by atoms with Crippen molar-refractivity contribution in [2.24, 2.45) is 107 Å². The number of rotatable bonds is 16. The third kappa shape index (κ3) is 11.3. The molecule has 6 saturated carbocycles. The van der Waals surface area contributed by atoms with Crippen LogP contribution in [0.3, 0.4) is 0 Å². The lowest BCUT2D eigenvalue weighted by atomic mass is 9.68. The molecule has 0 spiro atoms. The fraction of sp³-hybridized carbons (Fsp3) is 0.550. The number of hydrogen-bond acceptors (Lipinski definition) is 19. The van der Waals surface area contributed by atoms with Crippen LogP contribution >= 0.6 is 0 Å². The van der Waals surface area contributed by atoms with Gasteiger partial charge in [0.15, 0.2) is 0 Å². The molecule has 7 fully saturated rings. The highest BCUT2D eigenvalue weighted by Gasteiger charge is 2.68. The Bertz CT molecular complexity index is 2790. The predicted octanol–water partition coefficient (Wildman–Crippen LogP) is 6.31. The second-order valence-electron chi connectivity index (χ2n) is 22.0. The lowest BCUT2D eigenvalue weighted by Gasteiger charge is -2.35. The van der Waals surface area contributed by atoms with Crippen LogP contribution in [0.4, 0.5) is 0 Å². The third-order valence-electron chi connectivity index (χ3n) is 18.6. The molecule has 7 aliphatic rings. The molecule has 1 aliphatic heterocycles. The summed E-state index contributed by atoms with van der Waals surface area (Å²) in [5.41, 5.74) is 2.55. The summed E-state index contributed by atoms with van der Waals surface area (Å²) in [6, 6.07) is 21.8. The largest absolute Gasteiger partial charge is 0.497 e. The summed E-state index contributed by atoms with van der Waals surface area (Å²) >= 11 is 0. The molecule has 1 N–H and O–H groups in total. The van der Waals surface area contributed by atoms with Crippen LogP contribution in [0.2, 0.25) is 0 Å². The van der Waals surface area contributed by atoms with Crippen LogP contribution in [0.15, 0.2) is 72.8 Å². The average molecular weight is 1110 g/mol. The summed E-state index contributed by atoms with van der Waals surface area (Å²) in [5, 5.41) is 9.55. The Morgan fingerprint density at radius 3 is 1.02 bits per heavy atom. The van der Waals surface area contributed by atoms with Crippen LogP contribution in [-0.2, 0) is 96.1 Å². The zero-order chi connectivity index (χ0) is 57.9. The van der Waals surface area contributed by atoms with Gasteiger partial charge in [-0.15, -0.1) is 0 Å². The minimum atomic E-state index is -1.00. The molecule has 20 nitrogen and oxygen atoms in total. The van der Waals surface area contributed by atoms with Gasteiger partial charge in [0.05, 0.1) is 95.9 Å². The maximum Gasteiger partial charge on any atom is 0.317 e. The van der Waals surface area contributed by atoms with Crippen molar-refractivity contribution in [2.45, 2.75) is 59.9 Å². The van der Waals surface area contributed by atoms with Gasteiger partial charge < -0.3 is 52.5 Å². The first kappa shape index (κ1) is 58.6. The Hall–Kier alpha value is -7.51. The number of carbonyl (C=O) groups is 9. The van der Waals surface area contributed by atoms with Crippen LogP contribution in [-0.4, -0.2) is 101 Å². The first-order valence-corrected chi connectivity index (χ1v) is 26.9. The van der Waals surface area contributed by atoms with Gasteiger partial charge in [-0.3, -0.25) is 43.2 Å². The molecule has 1 heterocycles. The Labute approximate surface area is 463 Å². The lowest BCUT2D eigenvalue weighted by molar-refractivity contribution is -0.168. The number of ether oxygens (including phenoxy) is 10. The highest BCUT2D eigenvalue weighted by atomic mass is 16.6. The van der Waals surface area contributed by atoms with E-state index in [1.807, 2.05) is 69.3 Å². The van der Waals surface area contributed by atoms with E-state index in [9.17, 15) is 48.3 Å². The second-order valence-corrected chi connectivity index (χ2v) is 22.0. The number of benzene rings is 3. The second kappa shape index (κ2) is 24.9. The van der Waals surface area contributed by atoms with Crippen LogP contribution in [0, 0.1) is 107 Å². The minimum absolute atomic E-state index is 0.0214. The van der Waals surface area contributed by atoms with Gasteiger partial charge in [-0.25, -0.2) is 0 Å². The van der Waals surface area contributed by atoms with E-state index >= 15 is 0 Å². The number of aliphatic carboxylic acids is 1. The zero-order valence-corrected chi connectivity index (χ0v) is 46.3. The first-order chi connectivity index (χ1) is 38.3. The molecule has 1 saturated heterocycles. The fourth-order valence-corrected chi connectivity index (χ4v) is 14.8. The van der Waals surface area contributed by atoms with Crippen molar-refractivity contribution in [2.75, 3.05) is 42.7 Å². The maximum absolute atomic E-state index is 12.8. The highest BCUT2D eigenvalue weighted by molar-refractivity contribution is 5.98. The third-order valence-corrected chi connectivity index (χ3v) is 18.6. The van der Waals surface area contributed by atoms with Crippen LogP contribution in [0.1, 0.15) is 56.7 Å². The number of cyclic esters (lactones) is 2. The summed E-state index contributed by atoms with van der Waals surface area (Å²) in [7, 11) is 8.61. The number of hydrogen-bond donors (Lipinski definition) is 1. The van der Waals surface area contributed by atoms with E-state index in [0.717, 1.165) is 34.6 Å². The van der Waals surface area contributed by atoms with Gasteiger partial charge in [0, 0.05) is 0 Å². The van der Waals surface area contributed by atoms with E-state index in [4.69, 9.17) is 47.4 Å². The Morgan fingerprint density at radius 1 is 0.400 bits per heavy atom. The van der Waals surface area contributed by atoms with Gasteiger partial charge in [-0.05, 0) is 126 Å². The summed E-state index contributed by atoms with van der Waals surface area (Å²) in [4.78, 5) is 111. The maximum atomic E-state index is 12.8. The van der Waals surface area contributed by atoms with Gasteiger partial charge in [0.1, 0.15) is 37.1 Å². The quantitative estimate of drug-likeness (QED) is 0.0936. The number of carboxylic acids is 1.